The molecule has 0 aromatic heterocycles. The summed E-state index contributed by atoms with van der Waals surface area (Å²) in [5.74, 6) is 0. The summed E-state index contributed by atoms with van der Waals surface area (Å²) in [5, 5.41) is 0. The van der Waals surface area contributed by atoms with Gasteiger partial charge in [-0.1, -0.05) is 0 Å². The number of likely N-dealkylation sites (N-methyl/N-ethyl adjacent to an activating group) is 1. The molecule has 1 saturated heterocycles. The Kier molecular flexibility index (Phi) is 3.00. The number of nitrogens with two attached hydrogens (primary N) is 1. The van der Waals surface area contributed by atoms with Gasteiger partial charge in [-0.25, -0.2) is 0 Å². The molecule has 2 N–H and O–H groups in total. The van der Waals surface area contributed by atoms with Crippen LogP contribution < -0.4 is 5.73 Å². The standard InChI is InChI=1S/C9H16N4O2S/c1-12-2-4-13(5-3-12)7-9-8(10)6-11-16(9,14)15/h6H,2-5,7,10H2,1H3. The first kappa shape index (κ1) is 11.6. The second-order valence-electron chi connectivity index (χ2n) is 4.17. The second-order valence-corrected chi connectivity index (χ2v) is 5.82. The van der Waals surface area contributed by atoms with Crippen molar-refractivity contribution in [3.05, 3.63) is 10.6 Å². The average molecular weight is 244 g/mol. The van der Waals surface area contributed by atoms with Crippen molar-refractivity contribution in [1.29, 1.82) is 0 Å². The lowest BCUT2D eigenvalue weighted by atomic mass is 10.3. The van der Waals surface area contributed by atoms with Crippen LogP contribution in [0.3, 0.4) is 0 Å². The highest BCUT2D eigenvalue weighted by atomic mass is 32.2. The van der Waals surface area contributed by atoms with Gasteiger partial charge in [0.15, 0.2) is 0 Å². The number of piperazine rings is 1. The molecule has 0 spiro atoms. The van der Waals surface area contributed by atoms with E-state index in [-0.39, 0.29) is 10.6 Å². The van der Waals surface area contributed by atoms with Crippen LogP contribution in [0.15, 0.2) is 15.0 Å². The van der Waals surface area contributed by atoms with Gasteiger partial charge in [-0.05, 0) is 7.05 Å². The Bertz CT molecular complexity index is 432. The van der Waals surface area contributed by atoms with Crippen LogP contribution in [0.5, 0.6) is 0 Å². The van der Waals surface area contributed by atoms with Gasteiger partial charge in [-0.15, -0.1) is 0 Å². The first-order valence-electron chi connectivity index (χ1n) is 5.19. The maximum absolute atomic E-state index is 11.5. The fourth-order valence-electron chi connectivity index (χ4n) is 1.79. The topological polar surface area (TPSA) is 79.0 Å². The summed E-state index contributed by atoms with van der Waals surface area (Å²) in [6.45, 7) is 4.01. The monoisotopic (exact) mass is 244 g/mol. The van der Waals surface area contributed by atoms with Crippen LogP contribution in [0, 0.1) is 0 Å². The quantitative estimate of drug-likeness (QED) is 0.661. The van der Waals surface area contributed by atoms with Crippen LogP contribution in [0.25, 0.3) is 0 Å². The van der Waals surface area contributed by atoms with Crippen molar-refractivity contribution in [2.75, 3.05) is 39.8 Å². The van der Waals surface area contributed by atoms with Crippen molar-refractivity contribution in [1.82, 2.24) is 9.80 Å². The van der Waals surface area contributed by atoms with Gasteiger partial charge in [0.25, 0.3) is 10.0 Å². The fourth-order valence-corrected chi connectivity index (χ4v) is 2.87. The van der Waals surface area contributed by atoms with Gasteiger partial charge >= 0.3 is 0 Å². The molecule has 2 aliphatic rings. The number of rotatable bonds is 2. The van der Waals surface area contributed by atoms with Crippen molar-refractivity contribution >= 4 is 16.2 Å². The minimum absolute atomic E-state index is 0.247. The molecule has 0 saturated carbocycles. The lowest BCUT2D eigenvalue weighted by Gasteiger charge is -2.32. The summed E-state index contributed by atoms with van der Waals surface area (Å²) in [6.07, 6.45) is 1.22. The van der Waals surface area contributed by atoms with Crippen LogP contribution in [0.1, 0.15) is 0 Å². The van der Waals surface area contributed by atoms with E-state index in [1.165, 1.54) is 6.21 Å². The average Bonchev–Trinajstić information content (AvgIpc) is 2.48. The molecule has 2 heterocycles. The third kappa shape index (κ3) is 2.26. The van der Waals surface area contributed by atoms with E-state index in [9.17, 15) is 8.42 Å². The number of sulfonamides is 1. The third-order valence-electron chi connectivity index (χ3n) is 2.93. The molecule has 2 aliphatic heterocycles. The van der Waals surface area contributed by atoms with Gasteiger partial charge in [0.2, 0.25) is 0 Å². The molecule has 16 heavy (non-hydrogen) atoms. The number of nitrogens with zero attached hydrogens (tertiary/aromatic N) is 3. The van der Waals surface area contributed by atoms with Gasteiger partial charge in [0.05, 0.1) is 11.9 Å². The van der Waals surface area contributed by atoms with Gasteiger partial charge in [-0.3, -0.25) is 4.90 Å². The number of hydrogen-bond donors (Lipinski definition) is 1. The Hall–Kier alpha value is -0.920. The van der Waals surface area contributed by atoms with Gasteiger partial charge in [0.1, 0.15) is 4.91 Å². The van der Waals surface area contributed by atoms with Gasteiger partial charge in [-0.2, -0.15) is 12.8 Å². The highest BCUT2D eigenvalue weighted by molar-refractivity contribution is 7.94. The van der Waals surface area contributed by atoms with Crippen molar-refractivity contribution in [3.63, 3.8) is 0 Å². The summed E-state index contributed by atoms with van der Waals surface area (Å²) in [6, 6.07) is 0. The molecule has 0 aromatic carbocycles. The molecule has 1 fully saturated rings. The zero-order chi connectivity index (χ0) is 11.8. The molecule has 7 heteroatoms. The van der Waals surface area contributed by atoms with Gasteiger partial charge in [0, 0.05) is 32.7 Å². The lowest BCUT2D eigenvalue weighted by molar-refractivity contribution is 0.165. The summed E-state index contributed by atoms with van der Waals surface area (Å²) >= 11 is 0. The molecule has 2 rings (SSSR count). The maximum atomic E-state index is 11.5. The van der Waals surface area contributed by atoms with Crippen LogP contribution in [0.2, 0.25) is 0 Å². The minimum Gasteiger partial charge on any atom is -0.397 e. The van der Waals surface area contributed by atoms with Crippen molar-refractivity contribution in [2.45, 2.75) is 0 Å². The zero-order valence-corrected chi connectivity index (χ0v) is 10.1. The summed E-state index contributed by atoms with van der Waals surface area (Å²) in [7, 11) is -1.42. The molecule has 0 unspecified atom stereocenters. The largest absolute Gasteiger partial charge is 0.397 e. The second kappa shape index (κ2) is 4.15. The predicted molar refractivity (Wildman–Crippen MR) is 62.6 cm³/mol. The Morgan fingerprint density at radius 1 is 1.38 bits per heavy atom. The van der Waals surface area contributed by atoms with Crippen LogP contribution in [0.4, 0.5) is 0 Å². The first-order chi connectivity index (χ1) is 7.49. The van der Waals surface area contributed by atoms with E-state index in [0.717, 1.165) is 26.2 Å². The molecule has 90 valence electrons. The van der Waals surface area contributed by atoms with Crippen molar-refractivity contribution < 1.29 is 8.42 Å². The summed E-state index contributed by atoms with van der Waals surface area (Å²) in [5.41, 5.74) is 5.89. The lowest BCUT2D eigenvalue weighted by Crippen LogP contribution is -2.45. The highest BCUT2D eigenvalue weighted by Crippen LogP contribution is 2.18. The van der Waals surface area contributed by atoms with Crippen molar-refractivity contribution in [3.8, 4) is 0 Å². The predicted octanol–water partition coefficient (Wildman–Crippen LogP) is -1.18. The molecule has 0 aliphatic carbocycles. The van der Waals surface area contributed by atoms with Gasteiger partial charge < -0.3 is 10.6 Å². The van der Waals surface area contributed by atoms with Crippen molar-refractivity contribution in [2.24, 2.45) is 10.1 Å². The smallest absolute Gasteiger partial charge is 0.281 e. The Morgan fingerprint density at radius 2 is 2.00 bits per heavy atom. The Balaban J connectivity index is 2.04. The van der Waals surface area contributed by atoms with E-state index < -0.39 is 10.0 Å². The van der Waals surface area contributed by atoms with E-state index in [2.05, 4.69) is 21.2 Å². The maximum Gasteiger partial charge on any atom is 0.281 e. The minimum atomic E-state index is -3.48. The molecular formula is C9H16N4O2S. The molecule has 0 atom stereocenters. The normalized spacial score (nSPS) is 26.6. The molecule has 0 amide bonds. The van der Waals surface area contributed by atoms with E-state index in [4.69, 9.17) is 5.73 Å². The fraction of sp³-hybridized carbons (Fsp3) is 0.667. The van der Waals surface area contributed by atoms with Crippen LogP contribution in [-0.2, 0) is 10.0 Å². The highest BCUT2D eigenvalue weighted by Gasteiger charge is 2.27. The summed E-state index contributed by atoms with van der Waals surface area (Å²) < 4.78 is 26.5. The number of allylic oxidation sites excluding steroid dienone is 1. The molecular weight excluding hydrogens is 228 g/mol. The molecule has 6 nitrogen and oxygen atoms in total. The summed E-state index contributed by atoms with van der Waals surface area (Å²) in [4.78, 5) is 4.56. The Labute approximate surface area is 95.5 Å². The third-order valence-corrected chi connectivity index (χ3v) is 4.30. The van der Waals surface area contributed by atoms with E-state index in [1.807, 2.05) is 0 Å². The van der Waals surface area contributed by atoms with Crippen LogP contribution >= 0.6 is 0 Å². The molecule has 0 bridgehead atoms. The van der Waals surface area contributed by atoms with Crippen LogP contribution in [-0.4, -0.2) is 64.2 Å². The molecule has 0 aromatic rings. The number of hydrogen-bond acceptors (Lipinski definition) is 5. The zero-order valence-electron chi connectivity index (χ0n) is 9.26. The molecule has 0 radical (unpaired) electrons. The first-order valence-corrected chi connectivity index (χ1v) is 6.63. The van der Waals surface area contributed by atoms with E-state index in [1.54, 1.807) is 0 Å². The SMILES string of the molecule is CN1CCN(CC2=C(N)C=NS2(=O)=O)CC1. The Morgan fingerprint density at radius 3 is 2.50 bits per heavy atom. The van der Waals surface area contributed by atoms with E-state index in [0.29, 0.717) is 6.54 Å². The van der Waals surface area contributed by atoms with E-state index >= 15 is 0 Å².